The Balaban J connectivity index is 1.92. The molecular formula is C21H25NO. The zero-order chi connectivity index (χ0) is 16.3. The van der Waals surface area contributed by atoms with E-state index in [0.717, 1.165) is 30.0 Å². The number of hydrogen-bond donors (Lipinski definition) is 0. The van der Waals surface area contributed by atoms with Crippen molar-refractivity contribution in [1.82, 2.24) is 5.06 Å². The van der Waals surface area contributed by atoms with Crippen molar-refractivity contribution in [2.45, 2.75) is 33.1 Å². The van der Waals surface area contributed by atoms with E-state index >= 15 is 0 Å². The van der Waals surface area contributed by atoms with E-state index < -0.39 is 0 Å². The number of rotatable bonds is 7. The van der Waals surface area contributed by atoms with Crippen LogP contribution in [0.15, 0.2) is 54.6 Å². The van der Waals surface area contributed by atoms with Gasteiger partial charge in [0.05, 0.1) is 0 Å². The van der Waals surface area contributed by atoms with Gasteiger partial charge in [-0.1, -0.05) is 49.8 Å². The first-order valence-corrected chi connectivity index (χ1v) is 8.42. The van der Waals surface area contributed by atoms with Crippen molar-refractivity contribution >= 4 is 0 Å². The van der Waals surface area contributed by atoms with E-state index in [4.69, 9.17) is 4.84 Å². The van der Waals surface area contributed by atoms with Gasteiger partial charge in [0.1, 0.15) is 5.75 Å². The average Bonchev–Trinajstić information content (AvgIpc) is 2.61. The van der Waals surface area contributed by atoms with Gasteiger partial charge in [0.2, 0.25) is 0 Å². The normalized spacial score (nSPS) is 10.2. The molecule has 2 aromatic carbocycles. The summed E-state index contributed by atoms with van der Waals surface area (Å²) < 4.78 is 0. The van der Waals surface area contributed by atoms with Crippen LogP contribution in [0, 0.1) is 11.8 Å². The van der Waals surface area contributed by atoms with Gasteiger partial charge in [-0.15, -0.1) is 5.06 Å². The molecule has 0 saturated heterocycles. The van der Waals surface area contributed by atoms with E-state index in [1.54, 1.807) is 0 Å². The Morgan fingerprint density at radius 3 is 2.09 bits per heavy atom. The monoisotopic (exact) mass is 307 g/mol. The second kappa shape index (κ2) is 9.71. The molecule has 0 aliphatic rings. The van der Waals surface area contributed by atoms with Gasteiger partial charge in [0.15, 0.2) is 0 Å². The van der Waals surface area contributed by atoms with E-state index in [1.807, 2.05) is 59.7 Å². The minimum atomic E-state index is 0.869. The van der Waals surface area contributed by atoms with Crippen molar-refractivity contribution < 1.29 is 4.84 Å². The summed E-state index contributed by atoms with van der Waals surface area (Å²) in [4.78, 5) is 5.91. The van der Waals surface area contributed by atoms with Crippen molar-refractivity contribution in [3.05, 3.63) is 65.7 Å². The van der Waals surface area contributed by atoms with Crippen molar-refractivity contribution in [1.29, 1.82) is 0 Å². The zero-order valence-electron chi connectivity index (χ0n) is 14.1. The van der Waals surface area contributed by atoms with E-state index in [-0.39, 0.29) is 0 Å². The minimum Gasteiger partial charge on any atom is -0.406 e. The van der Waals surface area contributed by atoms with Crippen LogP contribution in [0.25, 0.3) is 0 Å². The number of hydroxylamine groups is 2. The summed E-state index contributed by atoms with van der Waals surface area (Å²) in [6.45, 7) is 6.19. The molecule has 2 rings (SSSR count). The highest BCUT2D eigenvalue weighted by Gasteiger charge is 2.04. The second-order valence-electron chi connectivity index (χ2n) is 5.46. The van der Waals surface area contributed by atoms with Gasteiger partial charge >= 0.3 is 0 Å². The SMILES string of the molecule is CCCCCN(CC)Oc1ccc(C#Cc2ccccc2)cc1. The molecular weight excluding hydrogens is 282 g/mol. The smallest absolute Gasteiger partial charge is 0.147 e. The van der Waals surface area contributed by atoms with Gasteiger partial charge in [-0.3, -0.25) is 0 Å². The molecule has 0 aliphatic carbocycles. The molecule has 0 N–H and O–H groups in total. The van der Waals surface area contributed by atoms with E-state index in [2.05, 4.69) is 25.7 Å². The molecule has 0 radical (unpaired) electrons. The fourth-order valence-electron chi connectivity index (χ4n) is 2.22. The van der Waals surface area contributed by atoms with E-state index in [0.29, 0.717) is 0 Å². The quantitative estimate of drug-likeness (QED) is 0.410. The molecule has 0 fully saturated rings. The van der Waals surface area contributed by atoms with Crippen LogP contribution in [0.1, 0.15) is 44.2 Å². The Hall–Kier alpha value is -2.24. The summed E-state index contributed by atoms with van der Waals surface area (Å²) in [6.07, 6.45) is 3.64. The first-order valence-electron chi connectivity index (χ1n) is 8.42. The second-order valence-corrected chi connectivity index (χ2v) is 5.46. The van der Waals surface area contributed by atoms with Crippen molar-refractivity contribution in [3.8, 4) is 17.6 Å². The Labute approximate surface area is 140 Å². The predicted molar refractivity (Wildman–Crippen MR) is 96.3 cm³/mol. The Bertz CT molecular complexity index is 622. The molecule has 0 aliphatic heterocycles. The lowest BCUT2D eigenvalue weighted by molar-refractivity contribution is -0.0547. The molecule has 2 nitrogen and oxygen atoms in total. The van der Waals surface area contributed by atoms with Crippen LogP contribution in [0.2, 0.25) is 0 Å². The molecule has 2 heteroatoms. The zero-order valence-corrected chi connectivity index (χ0v) is 14.1. The Morgan fingerprint density at radius 2 is 1.48 bits per heavy atom. The van der Waals surface area contributed by atoms with Gasteiger partial charge in [-0.2, -0.15) is 0 Å². The third-order valence-electron chi connectivity index (χ3n) is 3.58. The van der Waals surface area contributed by atoms with Gasteiger partial charge < -0.3 is 4.84 Å². The molecule has 0 atom stereocenters. The number of hydrogen-bond acceptors (Lipinski definition) is 2. The fourth-order valence-corrected chi connectivity index (χ4v) is 2.22. The minimum absolute atomic E-state index is 0.869. The lowest BCUT2D eigenvalue weighted by Gasteiger charge is -2.20. The van der Waals surface area contributed by atoms with Crippen LogP contribution in [-0.4, -0.2) is 18.2 Å². The number of nitrogens with zero attached hydrogens (tertiary/aromatic N) is 1. The maximum Gasteiger partial charge on any atom is 0.147 e. The predicted octanol–water partition coefficient (Wildman–Crippen LogP) is 4.89. The molecule has 0 heterocycles. The highest BCUT2D eigenvalue weighted by atomic mass is 16.7. The van der Waals surface area contributed by atoms with Crippen molar-refractivity contribution in [3.63, 3.8) is 0 Å². The molecule has 0 bridgehead atoms. The van der Waals surface area contributed by atoms with Gasteiger partial charge in [0, 0.05) is 24.2 Å². The molecule has 0 aromatic heterocycles. The maximum absolute atomic E-state index is 5.91. The van der Waals surface area contributed by atoms with Crippen molar-refractivity contribution in [2.24, 2.45) is 0 Å². The summed E-state index contributed by atoms with van der Waals surface area (Å²) >= 11 is 0. The van der Waals surface area contributed by atoms with Gasteiger partial charge in [-0.05, 0) is 49.7 Å². The lowest BCUT2D eigenvalue weighted by atomic mass is 10.2. The number of unbranched alkanes of at least 4 members (excludes halogenated alkanes) is 2. The van der Waals surface area contributed by atoms with Crippen LogP contribution in [0.4, 0.5) is 0 Å². The molecule has 0 unspecified atom stereocenters. The van der Waals surface area contributed by atoms with Crippen LogP contribution in [0.3, 0.4) is 0 Å². The molecule has 0 spiro atoms. The fraction of sp³-hybridized carbons (Fsp3) is 0.333. The molecule has 120 valence electrons. The largest absolute Gasteiger partial charge is 0.406 e. The summed E-state index contributed by atoms with van der Waals surface area (Å²) in [5.74, 6) is 7.21. The number of benzene rings is 2. The first kappa shape index (κ1) is 17.1. The summed E-state index contributed by atoms with van der Waals surface area (Å²) in [5.41, 5.74) is 2.02. The van der Waals surface area contributed by atoms with Crippen LogP contribution in [0.5, 0.6) is 5.75 Å². The summed E-state index contributed by atoms with van der Waals surface area (Å²) in [7, 11) is 0. The summed E-state index contributed by atoms with van der Waals surface area (Å²) in [6, 6.07) is 18.0. The Kier molecular flexibility index (Phi) is 7.23. The maximum atomic E-state index is 5.91. The third kappa shape index (κ3) is 6.18. The molecule has 23 heavy (non-hydrogen) atoms. The lowest BCUT2D eigenvalue weighted by Crippen LogP contribution is -2.28. The van der Waals surface area contributed by atoms with Crippen LogP contribution in [-0.2, 0) is 0 Å². The van der Waals surface area contributed by atoms with E-state index in [1.165, 1.54) is 19.3 Å². The van der Waals surface area contributed by atoms with E-state index in [9.17, 15) is 0 Å². The first-order chi connectivity index (χ1) is 11.3. The highest BCUT2D eigenvalue weighted by molar-refractivity contribution is 5.44. The topological polar surface area (TPSA) is 12.5 Å². The summed E-state index contributed by atoms with van der Waals surface area (Å²) in [5, 5.41) is 2.01. The van der Waals surface area contributed by atoms with Gasteiger partial charge in [-0.25, -0.2) is 0 Å². The molecule has 2 aromatic rings. The standard InChI is InChI=1S/C21H25NO/c1-3-5-9-18-22(4-2)23-21-16-14-20(15-17-21)13-12-19-10-7-6-8-11-19/h6-8,10-11,14-17H,3-5,9,18H2,1-2H3. The van der Waals surface area contributed by atoms with Crippen LogP contribution < -0.4 is 4.84 Å². The van der Waals surface area contributed by atoms with Gasteiger partial charge in [0.25, 0.3) is 0 Å². The van der Waals surface area contributed by atoms with Crippen molar-refractivity contribution in [2.75, 3.05) is 13.1 Å². The molecule has 0 saturated carbocycles. The average molecular weight is 307 g/mol. The Morgan fingerprint density at radius 1 is 0.826 bits per heavy atom. The van der Waals surface area contributed by atoms with Crippen LogP contribution >= 0.6 is 0 Å². The third-order valence-corrected chi connectivity index (χ3v) is 3.58. The highest BCUT2D eigenvalue weighted by Crippen LogP contribution is 2.14. The molecule has 0 amide bonds.